The lowest BCUT2D eigenvalue weighted by atomic mass is 9.94. The average molecular weight is 235 g/mol. The smallest absolute Gasteiger partial charge is 0.0445 e. The van der Waals surface area contributed by atoms with Gasteiger partial charge in [-0.05, 0) is 24.3 Å². The van der Waals surface area contributed by atoms with Gasteiger partial charge < -0.3 is 10.4 Å². The van der Waals surface area contributed by atoms with Crippen molar-refractivity contribution in [3.8, 4) is 0 Å². The SMILES string of the molecule is CCC(CCO)NC(c1ccccc1)C(C)C. The average Bonchev–Trinajstić information content (AvgIpc) is 2.35. The second-order valence-electron chi connectivity index (χ2n) is 4.92. The third kappa shape index (κ3) is 4.49. The van der Waals surface area contributed by atoms with E-state index in [2.05, 4.69) is 50.4 Å². The molecule has 1 rings (SSSR count). The minimum Gasteiger partial charge on any atom is -0.396 e. The molecule has 2 unspecified atom stereocenters. The van der Waals surface area contributed by atoms with Gasteiger partial charge >= 0.3 is 0 Å². The van der Waals surface area contributed by atoms with Crippen molar-refractivity contribution in [3.05, 3.63) is 35.9 Å². The van der Waals surface area contributed by atoms with Crippen LogP contribution >= 0.6 is 0 Å². The Labute approximate surface area is 105 Å². The van der Waals surface area contributed by atoms with Crippen LogP contribution in [0.25, 0.3) is 0 Å². The van der Waals surface area contributed by atoms with E-state index in [1.54, 1.807) is 0 Å². The van der Waals surface area contributed by atoms with E-state index in [0.29, 0.717) is 18.0 Å². The van der Waals surface area contributed by atoms with E-state index in [1.165, 1.54) is 5.56 Å². The molecule has 0 bridgehead atoms. The van der Waals surface area contributed by atoms with Gasteiger partial charge in [0.2, 0.25) is 0 Å². The van der Waals surface area contributed by atoms with E-state index in [4.69, 9.17) is 5.11 Å². The monoisotopic (exact) mass is 235 g/mol. The van der Waals surface area contributed by atoms with Crippen molar-refractivity contribution in [1.29, 1.82) is 0 Å². The maximum absolute atomic E-state index is 9.05. The van der Waals surface area contributed by atoms with E-state index >= 15 is 0 Å². The zero-order valence-electron chi connectivity index (χ0n) is 11.2. The van der Waals surface area contributed by atoms with Crippen molar-refractivity contribution in [2.45, 2.75) is 45.7 Å². The van der Waals surface area contributed by atoms with Crippen molar-refractivity contribution in [2.75, 3.05) is 6.61 Å². The molecule has 0 radical (unpaired) electrons. The molecule has 96 valence electrons. The van der Waals surface area contributed by atoms with E-state index < -0.39 is 0 Å². The Hall–Kier alpha value is -0.860. The first-order valence-electron chi connectivity index (χ1n) is 6.60. The highest BCUT2D eigenvalue weighted by Gasteiger charge is 2.18. The molecule has 1 aromatic carbocycles. The molecule has 0 aromatic heterocycles. The van der Waals surface area contributed by atoms with Crippen LogP contribution in [0.1, 0.15) is 45.2 Å². The van der Waals surface area contributed by atoms with Gasteiger partial charge in [0.1, 0.15) is 0 Å². The zero-order valence-corrected chi connectivity index (χ0v) is 11.2. The summed E-state index contributed by atoms with van der Waals surface area (Å²) in [6, 6.07) is 11.3. The van der Waals surface area contributed by atoms with E-state index in [9.17, 15) is 0 Å². The number of aliphatic hydroxyl groups excluding tert-OH is 1. The lowest BCUT2D eigenvalue weighted by Crippen LogP contribution is -2.35. The summed E-state index contributed by atoms with van der Waals surface area (Å²) in [5, 5.41) is 12.7. The van der Waals surface area contributed by atoms with Crippen LogP contribution in [-0.4, -0.2) is 17.8 Å². The molecule has 0 saturated heterocycles. The third-order valence-electron chi connectivity index (χ3n) is 3.21. The first kappa shape index (κ1) is 14.2. The third-order valence-corrected chi connectivity index (χ3v) is 3.21. The zero-order chi connectivity index (χ0) is 12.7. The molecular weight excluding hydrogens is 210 g/mol. The first-order chi connectivity index (χ1) is 8.19. The van der Waals surface area contributed by atoms with Crippen LogP contribution in [0.15, 0.2) is 30.3 Å². The number of benzene rings is 1. The molecule has 2 N–H and O–H groups in total. The molecule has 1 aromatic rings. The van der Waals surface area contributed by atoms with E-state index in [-0.39, 0.29) is 6.61 Å². The van der Waals surface area contributed by atoms with Gasteiger partial charge in [-0.3, -0.25) is 0 Å². The molecule has 0 aliphatic heterocycles. The fraction of sp³-hybridized carbons (Fsp3) is 0.600. The highest BCUT2D eigenvalue weighted by molar-refractivity contribution is 5.19. The summed E-state index contributed by atoms with van der Waals surface area (Å²) in [6.45, 7) is 6.88. The van der Waals surface area contributed by atoms with Gasteiger partial charge in [-0.2, -0.15) is 0 Å². The Bertz CT molecular complexity index is 297. The van der Waals surface area contributed by atoms with Gasteiger partial charge in [0.05, 0.1) is 0 Å². The van der Waals surface area contributed by atoms with Gasteiger partial charge in [0, 0.05) is 18.7 Å². The number of hydrogen-bond acceptors (Lipinski definition) is 2. The fourth-order valence-corrected chi connectivity index (χ4v) is 2.15. The van der Waals surface area contributed by atoms with E-state index in [1.807, 2.05) is 6.07 Å². The Kier molecular flexibility index (Phi) is 6.23. The number of hydrogen-bond donors (Lipinski definition) is 2. The Morgan fingerprint density at radius 2 is 1.82 bits per heavy atom. The minimum atomic E-state index is 0.255. The van der Waals surface area contributed by atoms with Crippen LogP contribution in [0.2, 0.25) is 0 Å². The second-order valence-corrected chi connectivity index (χ2v) is 4.92. The summed E-state index contributed by atoms with van der Waals surface area (Å²) < 4.78 is 0. The largest absolute Gasteiger partial charge is 0.396 e. The molecule has 0 amide bonds. The summed E-state index contributed by atoms with van der Waals surface area (Å²) >= 11 is 0. The van der Waals surface area contributed by atoms with Crippen LogP contribution in [0.4, 0.5) is 0 Å². The van der Waals surface area contributed by atoms with Crippen LogP contribution in [0.5, 0.6) is 0 Å². The van der Waals surface area contributed by atoms with Crippen LogP contribution in [0, 0.1) is 5.92 Å². The molecule has 2 heteroatoms. The highest BCUT2D eigenvalue weighted by Crippen LogP contribution is 2.22. The molecule has 2 atom stereocenters. The molecule has 0 saturated carbocycles. The molecule has 0 fully saturated rings. The fourth-order valence-electron chi connectivity index (χ4n) is 2.15. The molecule has 0 aliphatic carbocycles. The number of aliphatic hydroxyl groups is 1. The van der Waals surface area contributed by atoms with Gasteiger partial charge in [0.15, 0.2) is 0 Å². The predicted molar refractivity (Wildman–Crippen MR) is 72.9 cm³/mol. The quantitative estimate of drug-likeness (QED) is 0.761. The lowest BCUT2D eigenvalue weighted by Gasteiger charge is -2.28. The van der Waals surface area contributed by atoms with Crippen molar-refractivity contribution in [1.82, 2.24) is 5.32 Å². The van der Waals surface area contributed by atoms with Crippen molar-refractivity contribution in [2.24, 2.45) is 5.92 Å². The summed E-state index contributed by atoms with van der Waals surface area (Å²) in [6.07, 6.45) is 1.88. The Balaban J connectivity index is 2.73. The van der Waals surface area contributed by atoms with Gasteiger partial charge in [-0.25, -0.2) is 0 Å². The van der Waals surface area contributed by atoms with Crippen molar-refractivity contribution < 1.29 is 5.11 Å². The standard InChI is InChI=1S/C15H25NO/c1-4-14(10-11-17)16-15(12(2)3)13-8-6-5-7-9-13/h5-9,12,14-17H,4,10-11H2,1-3H3. The highest BCUT2D eigenvalue weighted by atomic mass is 16.3. The molecule has 2 nitrogen and oxygen atoms in total. The van der Waals surface area contributed by atoms with Crippen LogP contribution in [-0.2, 0) is 0 Å². The summed E-state index contributed by atoms with van der Waals surface area (Å²) in [5.74, 6) is 0.546. The van der Waals surface area contributed by atoms with Crippen LogP contribution in [0.3, 0.4) is 0 Å². The van der Waals surface area contributed by atoms with Crippen molar-refractivity contribution in [3.63, 3.8) is 0 Å². The van der Waals surface area contributed by atoms with Crippen molar-refractivity contribution >= 4 is 0 Å². The molecule has 0 spiro atoms. The Morgan fingerprint density at radius 1 is 1.18 bits per heavy atom. The maximum atomic E-state index is 9.05. The topological polar surface area (TPSA) is 32.3 Å². The lowest BCUT2D eigenvalue weighted by molar-refractivity contribution is 0.246. The summed E-state index contributed by atoms with van der Waals surface area (Å²) in [7, 11) is 0. The molecule has 17 heavy (non-hydrogen) atoms. The molecule has 0 aliphatic rings. The maximum Gasteiger partial charge on any atom is 0.0445 e. The molecular formula is C15H25NO. The van der Waals surface area contributed by atoms with Gasteiger partial charge in [-0.15, -0.1) is 0 Å². The number of nitrogens with one attached hydrogen (secondary N) is 1. The Morgan fingerprint density at radius 3 is 2.29 bits per heavy atom. The van der Waals surface area contributed by atoms with E-state index in [0.717, 1.165) is 12.8 Å². The second kappa shape index (κ2) is 7.46. The minimum absolute atomic E-state index is 0.255. The number of rotatable bonds is 7. The summed E-state index contributed by atoms with van der Waals surface area (Å²) in [4.78, 5) is 0. The van der Waals surface area contributed by atoms with Gasteiger partial charge in [0.25, 0.3) is 0 Å². The summed E-state index contributed by atoms with van der Waals surface area (Å²) in [5.41, 5.74) is 1.33. The first-order valence-corrected chi connectivity index (χ1v) is 6.60. The predicted octanol–water partition coefficient (Wildman–Crippen LogP) is 3.13. The van der Waals surface area contributed by atoms with Crippen LogP contribution < -0.4 is 5.32 Å². The molecule has 0 heterocycles. The van der Waals surface area contributed by atoms with Gasteiger partial charge in [-0.1, -0.05) is 51.1 Å². The normalized spacial score (nSPS) is 14.9.